The van der Waals surface area contributed by atoms with Crippen molar-refractivity contribution in [1.29, 1.82) is 5.26 Å². The average molecular weight is 354 g/mol. The number of nitrogens with one attached hydrogen (secondary N) is 2. The third-order valence-corrected chi connectivity index (χ3v) is 4.21. The smallest absolute Gasteiger partial charge is 0.191 e. The molecule has 132 valence electrons. The molecule has 0 radical (unpaired) electrons. The van der Waals surface area contributed by atoms with E-state index in [0.29, 0.717) is 30.1 Å². The van der Waals surface area contributed by atoms with Gasteiger partial charge in [0, 0.05) is 24.4 Å². The molecular formula is C16H23FN4O2S. The maximum absolute atomic E-state index is 13.8. The summed E-state index contributed by atoms with van der Waals surface area (Å²) >= 11 is 0. The lowest BCUT2D eigenvalue weighted by Crippen LogP contribution is -2.42. The minimum absolute atomic E-state index is 0.0789. The van der Waals surface area contributed by atoms with Crippen molar-refractivity contribution in [3.05, 3.63) is 35.1 Å². The monoisotopic (exact) mass is 354 g/mol. The fraction of sp³-hybridized carbons (Fsp3) is 0.500. The fourth-order valence-electron chi connectivity index (χ4n) is 1.95. The predicted octanol–water partition coefficient (Wildman–Crippen LogP) is 1.58. The maximum Gasteiger partial charge on any atom is 0.191 e. The molecule has 0 spiro atoms. The van der Waals surface area contributed by atoms with Crippen molar-refractivity contribution >= 4 is 15.8 Å². The van der Waals surface area contributed by atoms with Crippen molar-refractivity contribution < 1.29 is 12.8 Å². The van der Waals surface area contributed by atoms with Crippen LogP contribution in [-0.2, 0) is 16.4 Å². The van der Waals surface area contributed by atoms with Crippen LogP contribution in [0.4, 0.5) is 4.39 Å². The number of sulfone groups is 1. The third kappa shape index (κ3) is 7.42. The highest BCUT2D eigenvalue weighted by atomic mass is 32.2. The van der Waals surface area contributed by atoms with Crippen molar-refractivity contribution in [2.24, 2.45) is 4.99 Å². The highest BCUT2D eigenvalue weighted by molar-refractivity contribution is 7.90. The standard InChI is InChI=1S/C16H23FN4O2S/c1-4-19-16(21-12(2)7-8-24(3,22)23)20-11-14-9-13(10-18)5-6-15(14)17/h5-6,9,12H,4,7-8,11H2,1-3H3,(H2,19,20,21). The Hall–Kier alpha value is -2.14. The van der Waals surface area contributed by atoms with Gasteiger partial charge in [-0.1, -0.05) is 0 Å². The minimum atomic E-state index is -3.02. The summed E-state index contributed by atoms with van der Waals surface area (Å²) in [5, 5.41) is 15.0. The molecule has 0 aliphatic carbocycles. The zero-order valence-corrected chi connectivity index (χ0v) is 15.0. The second-order valence-electron chi connectivity index (χ2n) is 5.58. The molecule has 1 aromatic rings. The number of hydrogen-bond acceptors (Lipinski definition) is 4. The number of benzene rings is 1. The summed E-state index contributed by atoms with van der Waals surface area (Å²) in [5.41, 5.74) is 0.705. The van der Waals surface area contributed by atoms with E-state index in [1.165, 1.54) is 24.5 Å². The van der Waals surface area contributed by atoms with Gasteiger partial charge in [-0.05, 0) is 38.5 Å². The molecule has 0 aliphatic heterocycles. The van der Waals surface area contributed by atoms with E-state index in [-0.39, 0.29) is 18.3 Å². The molecule has 0 aliphatic rings. The SMILES string of the molecule is CCNC(=NCc1cc(C#N)ccc1F)NC(C)CCS(C)(=O)=O. The molecule has 0 bridgehead atoms. The summed E-state index contributed by atoms with van der Waals surface area (Å²) in [6.07, 6.45) is 1.64. The summed E-state index contributed by atoms with van der Waals surface area (Å²) in [7, 11) is -3.02. The Morgan fingerprint density at radius 1 is 1.46 bits per heavy atom. The van der Waals surface area contributed by atoms with Crippen molar-refractivity contribution in [3.8, 4) is 6.07 Å². The van der Waals surface area contributed by atoms with E-state index in [1.54, 1.807) is 0 Å². The third-order valence-electron chi connectivity index (χ3n) is 3.23. The second-order valence-corrected chi connectivity index (χ2v) is 7.84. The number of halogens is 1. The van der Waals surface area contributed by atoms with Gasteiger partial charge in [0.05, 0.1) is 23.9 Å². The van der Waals surface area contributed by atoms with Crippen LogP contribution in [0, 0.1) is 17.1 Å². The number of hydrogen-bond donors (Lipinski definition) is 2. The molecule has 1 rings (SSSR count). The topological polar surface area (TPSA) is 94.3 Å². The lowest BCUT2D eigenvalue weighted by atomic mass is 10.1. The van der Waals surface area contributed by atoms with Gasteiger partial charge in [0.1, 0.15) is 15.7 Å². The van der Waals surface area contributed by atoms with Crippen molar-refractivity contribution in [1.82, 2.24) is 10.6 Å². The van der Waals surface area contributed by atoms with Gasteiger partial charge < -0.3 is 10.6 Å². The molecule has 2 N–H and O–H groups in total. The molecule has 1 atom stereocenters. The van der Waals surface area contributed by atoms with Crippen molar-refractivity contribution in [3.63, 3.8) is 0 Å². The fourth-order valence-corrected chi connectivity index (χ4v) is 2.73. The van der Waals surface area contributed by atoms with Gasteiger partial charge in [0.25, 0.3) is 0 Å². The number of nitriles is 1. The first-order valence-corrected chi connectivity index (χ1v) is 9.72. The highest BCUT2D eigenvalue weighted by Gasteiger charge is 2.10. The molecule has 0 saturated carbocycles. The minimum Gasteiger partial charge on any atom is -0.357 e. The summed E-state index contributed by atoms with van der Waals surface area (Å²) in [4.78, 5) is 4.30. The Labute approximate surface area is 142 Å². The Bertz CT molecular complexity index is 726. The quantitative estimate of drug-likeness (QED) is 0.573. The van der Waals surface area contributed by atoms with E-state index in [4.69, 9.17) is 5.26 Å². The van der Waals surface area contributed by atoms with Gasteiger partial charge in [-0.3, -0.25) is 0 Å². The number of rotatable bonds is 7. The molecule has 0 amide bonds. The zero-order valence-electron chi connectivity index (χ0n) is 14.1. The Balaban J connectivity index is 2.77. The van der Waals surface area contributed by atoms with Gasteiger partial charge in [-0.25, -0.2) is 17.8 Å². The van der Waals surface area contributed by atoms with Gasteiger partial charge in [-0.15, -0.1) is 0 Å². The molecular weight excluding hydrogens is 331 g/mol. The van der Waals surface area contributed by atoms with E-state index in [9.17, 15) is 12.8 Å². The Kier molecular flexibility index (Phi) is 7.65. The van der Waals surface area contributed by atoms with Crippen molar-refractivity contribution in [2.45, 2.75) is 32.9 Å². The van der Waals surface area contributed by atoms with Crippen molar-refractivity contribution in [2.75, 3.05) is 18.6 Å². The number of guanidine groups is 1. The van der Waals surface area contributed by atoms with Gasteiger partial charge >= 0.3 is 0 Å². The van der Waals surface area contributed by atoms with E-state index in [2.05, 4.69) is 15.6 Å². The van der Waals surface area contributed by atoms with E-state index >= 15 is 0 Å². The van der Waals surface area contributed by atoms with Crippen LogP contribution >= 0.6 is 0 Å². The molecule has 0 aromatic heterocycles. The van der Waals surface area contributed by atoms with Crippen LogP contribution in [0.5, 0.6) is 0 Å². The van der Waals surface area contributed by atoms with Gasteiger partial charge in [0.15, 0.2) is 5.96 Å². The van der Waals surface area contributed by atoms with Crippen LogP contribution < -0.4 is 10.6 Å². The molecule has 0 heterocycles. The largest absolute Gasteiger partial charge is 0.357 e. The maximum atomic E-state index is 13.8. The van der Waals surface area contributed by atoms with E-state index in [0.717, 1.165) is 0 Å². The Morgan fingerprint density at radius 3 is 2.75 bits per heavy atom. The first kappa shape index (κ1) is 19.9. The molecule has 0 fully saturated rings. The Morgan fingerprint density at radius 2 is 2.17 bits per heavy atom. The van der Waals surface area contributed by atoms with Crippen LogP contribution in [-0.4, -0.2) is 39.0 Å². The summed E-state index contributed by atoms with van der Waals surface area (Å²) < 4.78 is 36.2. The second kappa shape index (κ2) is 9.23. The van der Waals surface area contributed by atoms with Gasteiger partial charge in [-0.2, -0.15) is 5.26 Å². The average Bonchev–Trinajstić information content (AvgIpc) is 2.51. The lowest BCUT2D eigenvalue weighted by molar-refractivity contribution is 0.580. The van der Waals surface area contributed by atoms with E-state index in [1.807, 2.05) is 19.9 Å². The number of aliphatic imine (C=N–C) groups is 1. The van der Waals surface area contributed by atoms with Crippen LogP contribution in [0.25, 0.3) is 0 Å². The molecule has 8 heteroatoms. The van der Waals surface area contributed by atoms with Crippen LogP contribution in [0.15, 0.2) is 23.2 Å². The predicted molar refractivity (Wildman–Crippen MR) is 92.9 cm³/mol. The first-order valence-electron chi connectivity index (χ1n) is 7.66. The van der Waals surface area contributed by atoms with E-state index < -0.39 is 15.7 Å². The number of nitrogens with zero attached hydrogens (tertiary/aromatic N) is 2. The molecule has 1 unspecified atom stereocenters. The lowest BCUT2D eigenvalue weighted by Gasteiger charge is -2.17. The summed E-state index contributed by atoms with van der Waals surface area (Å²) in [5.74, 6) is 0.137. The molecule has 0 saturated heterocycles. The van der Waals surface area contributed by atoms with Crippen LogP contribution in [0.1, 0.15) is 31.4 Å². The molecule has 6 nitrogen and oxygen atoms in total. The highest BCUT2D eigenvalue weighted by Crippen LogP contribution is 2.11. The summed E-state index contributed by atoms with van der Waals surface area (Å²) in [6.45, 7) is 4.45. The van der Waals surface area contributed by atoms with Crippen LogP contribution in [0.2, 0.25) is 0 Å². The molecule has 24 heavy (non-hydrogen) atoms. The zero-order chi connectivity index (χ0) is 18.2. The molecule has 1 aromatic carbocycles. The van der Waals surface area contributed by atoms with Gasteiger partial charge in [0.2, 0.25) is 0 Å². The first-order chi connectivity index (χ1) is 11.2. The summed E-state index contributed by atoms with van der Waals surface area (Å²) in [6, 6.07) is 6.00. The van der Waals surface area contributed by atoms with Crippen LogP contribution in [0.3, 0.4) is 0 Å². The normalized spacial score (nSPS) is 13.2.